The average Bonchev–Trinajstić information content (AvgIpc) is 2.76. The van der Waals surface area contributed by atoms with E-state index in [2.05, 4.69) is 5.32 Å². The van der Waals surface area contributed by atoms with Crippen molar-refractivity contribution in [1.29, 1.82) is 0 Å². The van der Waals surface area contributed by atoms with Crippen LogP contribution < -0.4 is 10.5 Å². The van der Waals surface area contributed by atoms with Gasteiger partial charge in [-0.15, -0.1) is 0 Å². The lowest BCUT2D eigenvalue weighted by Gasteiger charge is -2.14. The van der Waals surface area contributed by atoms with Gasteiger partial charge < -0.3 is 19.7 Å². The lowest BCUT2D eigenvalue weighted by atomic mass is 10.2. The molecule has 0 saturated carbocycles. The lowest BCUT2D eigenvalue weighted by molar-refractivity contribution is -0.139. The third kappa shape index (κ3) is 4.55. The van der Waals surface area contributed by atoms with Crippen molar-refractivity contribution in [2.75, 3.05) is 13.7 Å². The van der Waals surface area contributed by atoms with Gasteiger partial charge in [0.15, 0.2) is 0 Å². The summed E-state index contributed by atoms with van der Waals surface area (Å²) in [4.78, 5) is 22.8. The molecule has 0 bridgehead atoms. The number of carbonyl (C=O) groups excluding carboxylic acids is 1. The predicted octanol–water partition coefficient (Wildman–Crippen LogP) is -1.11. The number of ether oxygens (including phenoxy) is 1. The van der Waals surface area contributed by atoms with E-state index >= 15 is 0 Å². The monoisotopic (exact) mass is 319 g/mol. The van der Waals surface area contributed by atoms with Crippen molar-refractivity contribution in [2.45, 2.75) is 17.4 Å². The zero-order valence-electron chi connectivity index (χ0n) is 11.6. The number of nitrogens with two attached hydrogens (primary N) is 1. The first-order valence-corrected chi connectivity index (χ1v) is 7.43. The van der Waals surface area contributed by atoms with Crippen LogP contribution >= 0.6 is 0 Å². The molecule has 1 aromatic rings. The molecule has 1 aromatic heterocycles. The normalized spacial score (nSPS) is 12.9. The van der Waals surface area contributed by atoms with E-state index in [1.807, 2.05) is 0 Å². The smallest absolute Gasteiger partial charge is 0.326 e. The summed E-state index contributed by atoms with van der Waals surface area (Å²) >= 11 is 0. The minimum absolute atomic E-state index is 0.0114. The van der Waals surface area contributed by atoms with Crippen molar-refractivity contribution in [3.63, 3.8) is 0 Å². The largest absolute Gasteiger partial charge is 0.480 e. The van der Waals surface area contributed by atoms with Crippen LogP contribution in [0.4, 0.5) is 0 Å². The number of carboxylic acid groups (broad SMARTS) is 1. The van der Waals surface area contributed by atoms with E-state index in [0.29, 0.717) is 0 Å². The minimum atomic E-state index is -3.93. The molecular weight excluding hydrogens is 302 g/mol. The van der Waals surface area contributed by atoms with E-state index in [1.165, 1.54) is 24.9 Å². The van der Waals surface area contributed by atoms with Crippen LogP contribution in [0.5, 0.6) is 0 Å². The van der Waals surface area contributed by atoms with Gasteiger partial charge in [-0.3, -0.25) is 4.79 Å². The third-order valence-electron chi connectivity index (χ3n) is 2.76. The summed E-state index contributed by atoms with van der Waals surface area (Å²) in [5, 5.41) is 16.3. The van der Waals surface area contributed by atoms with Gasteiger partial charge >= 0.3 is 5.97 Å². The molecule has 0 aliphatic carbocycles. The van der Waals surface area contributed by atoms with Gasteiger partial charge in [-0.05, 0) is 6.07 Å². The molecular formula is C11H17N3O6S. The molecule has 1 amide bonds. The molecule has 1 rings (SSSR count). The molecule has 0 spiro atoms. The highest BCUT2D eigenvalue weighted by molar-refractivity contribution is 7.89. The SMILES string of the molecule is COCCC(NC(=O)c1cc(S(N)(=O)=O)cn1C)C(=O)O. The van der Waals surface area contributed by atoms with Crippen molar-refractivity contribution >= 4 is 21.9 Å². The Kier molecular flexibility index (Phi) is 5.47. The average molecular weight is 319 g/mol. The highest BCUT2D eigenvalue weighted by Crippen LogP contribution is 2.12. The van der Waals surface area contributed by atoms with Gasteiger partial charge in [0.1, 0.15) is 16.6 Å². The predicted molar refractivity (Wildman–Crippen MR) is 72.2 cm³/mol. The summed E-state index contributed by atoms with van der Waals surface area (Å²) in [6, 6.07) is -0.0508. The molecule has 10 heteroatoms. The van der Waals surface area contributed by atoms with Crippen molar-refractivity contribution in [2.24, 2.45) is 12.2 Å². The molecule has 21 heavy (non-hydrogen) atoms. The van der Waals surface area contributed by atoms with E-state index in [1.54, 1.807) is 0 Å². The van der Waals surface area contributed by atoms with Gasteiger partial charge in [-0.2, -0.15) is 0 Å². The first kappa shape index (κ1) is 17.1. The molecule has 1 atom stereocenters. The molecule has 0 fully saturated rings. The summed E-state index contributed by atoms with van der Waals surface area (Å²) < 4.78 is 28.5. The Bertz CT molecular complexity index is 636. The van der Waals surface area contributed by atoms with Crippen LogP contribution in [0.2, 0.25) is 0 Å². The van der Waals surface area contributed by atoms with Crippen LogP contribution in [0.3, 0.4) is 0 Å². The lowest BCUT2D eigenvalue weighted by Crippen LogP contribution is -2.42. The van der Waals surface area contributed by atoms with E-state index in [-0.39, 0.29) is 23.6 Å². The second-order valence-corrected chi connectivity index (χ2v) is 5.92. The number of aliphatic carboxylic acids is 1. The van der Waals surface area contributed by atoms with Crippen LogP contribution in [0.15, 0.2) is 17.2 Å². The molecule has 118 valence electrons. The molecule has 1 unspecified atom stereocenters. The molecule has 9 nitrogen and oxygen atoms in total. The third-order valence-corrected chi connectivity index (χ3v) is 3.64. The molecule has 0 saturated heterocycles. The number of hydrogen-bond donors (Lipinski definition) is 3. The number of nitrogens with one attached hydrogen (secondary N) is 1. The molecule has 1 heterocycles. The fourth-order valence-electron chi connectivity index (χ4n) is 1.64. The van der Waals surface area contributed by atoms with Gasteiger partial charge in [0.05, 0.1) is 0 Å². The van der Waals surface area contributed by atoms with E-state index in [0.717, 1.165) is 6.07 Å². The standard InChI is InChI=1S/C11H17N3O6S/c1-14-6-7(21(12,18)19)5-9(14)10(15)13-8(11(16)17)3-4-20-2/h5-6,8H,3-4H2,1-2H3,(H,13,15)(H,16,17)(H2,12,18,19). The summed E-state index contributed by atoms with van der Waals surface area (Å²) in [5.74, 6) is -1.92. The quantitative estimate of drug-likeness (QED) is 0.582. The summed E-state index contributed by atoms with van der Waals surface area (Å²) in [6.45, 7) is 0.160. The number of nitrogens with zero attached hydrogens (tertiary/aromatic N) is 1. The van der Waals surface area contributed by atoms with Gasteiger partial charge in [-0.25, -0.2) is 18.4 Å². The van der Waals surface area contributed by atoms with Gasteiger partial charge in [0, 0.05) is 33.4 Å². The molecule has 0 aliphatic rings. The highest BCUT2D eigenvalue weighted by Gasteiger charge is 2.23. The number of methoxy groups -OCH3 is 1. The van der Waals surface area contributed by atoms with Crippen LogP contribution in [0, 0.1) is 0 Å². The van der Waals surface area contributed by atoms with Gasteiger partial charge in [0.25, 0.3) is 5.91 Å². The molecule has 4 N–H and O–H groups in total. The van der Waals surface area contributed by atoms with Crippen molar-refractivity contribution in [3.05, 3.63) is 18.0 Å². The van der Waals surface area contributed by atoms with Gasteiger partial charge in [0.2, 0.25) is 10.0 Å². The number of sulfonamides is 1. The summed E-state index contributed by atoms with van der Waals surface area (Å²) in [7, 11) is -1.07. The number of aromatic nitrogens is 1. The first-order chi connectivity index (χ1) is 9.66. The topological polar surface area (TPSA) is 141 Å². The van der Waals surface area contributed by atoms with Crippen LogP contribution in [-0.2, 0) is 26.6 Å². The summed E-state index contributed by atoms with van der Waals surface area (Å²) in [6.07, 6.45) is 1.26. The molecule has 0 aromatic carbocycles. The van der Waals surface area contributed by atoms with E-state index in [4.69, 9.17) is 15.0 Å². The van der Waals surface area contributed by atoms with Crippen molar-refractivity contribution in [3.8, 4) is 0 Å². The fourth-order valence-corrected chi connectivity index (χ4v) is 2.22. The number of carbonyl (C=O) groups is 2. The Morgan fingerprint density at radius 1 is 1.52 bits per heavy atom. The number of carboxylic acids is 1. The van der Waals surface area contributed by atoms with Crippen LogP contribution in [0.25, 0.3) is 0 Å². The zero-order chi connectivity index (χ0) is 16.2. The Balaban J connectivity index is 2.93. The molecule has 0 radical (unpaired) electrons. The highest BCUT2D eigenvalue weighted by atomic mass is 32.2. The second kappa shape index (κ2) is 6.70. The Morgan fingerprint density at radius 3 is 2.57 bits per heavy atom. The van der Waals surface area contributed by atoms with E-state index < -0.39 is 27.9 Å². The fraction of sp³-hybridized carbons (Fsp3) is 0.455. The van der Waals surface area contributed by atoms with Gasteiger partial charge in [-0.1, -0.05) is 0 Å². The van der Waals surface area contributed by atoms with Crippen molar-refractivity contribution < 1.29 is 27.9 Å². The Morgan fingerprint density at radius 2 is 2.14 bits per heavy atom. The number of primary sulfonamides is 1. The number of rotatable bonds is 7. The number of aryl methyl sites for hydroxylation is 1. The first-order valence-electron chi connectivity index (χ1n) is 5.88. The maximum Gasteiger partial charge on any atom is 0.326 e. The summed E-state index contributed by atoms with van der Waals surface area (Å²) in [5.41, 5.74) is -0.0114. The Hall–Kier alpha value is -1.91. The zero-order valence-corrected chi connectivity index (χ0v) is 12.4. The molecule has 0 aliphatic heterocycles. The Labute approximate surface area is 121 Å². The number of amides is 1. The van der Waals surface area contributed by atoms with Crippen molar-refractivity contribution in [1.82, 2.24) is 9.88 Å². The van der Waals surface area contributed by atoms with E-state index in [9.17, 15) is 18.0 Å². The maximum absolute atomic E-state index is 12.0. The van der Waals surface area contributed by atoms with Crippen LogP contribution in [0.1, 0.15) is 16.9 Å². The maximum atomic E-state index is 12.0. The second-order valence-electron chi connectivity index (χ2n) is 4.36. The minimum Gasteiger partial charge on any atom is -0.480 e. The van der Waals surface area contributed by atoms with Crippen LogP contribution in [-0.4, -0.2) is 49.7 Å². The number of hydrogen-bond acceptors (Lipinski definition) is 5.